The molecule has 3 aromatic carbocycles. The summed E-state index contributed by atoms with van der Waals surface area (Å²) in [5, 5.41) is 2.99. The molecule has 2 amide bonds. The Labute approximate surface area is 244 Å². The number of hydrogen-bond donors (Lipinski definition) is 1. The smallest absolute Gasteiger partial charge is 0.244 e. The Hall–Kier alpha value is -3.85. The first-order valence-corrected chi connectivity index (χ1v) is 15.8. The number of carbonyl (C=O) groups is 2. The van der Waals surface area contributed by atoms with Gasteiger partial charge in [-0.3, -0.25) is 13.9 Å². The highest BCUT2D eigenvalue weighted by atomic mass is 32.2. The lowest BCUT2D eigenvalue weighted by atomic mass is 10.0. The quantitative estimate of drug-likeness (QED) is 0.263. The van der Waals surface area contributed by atoms with Gasteiger partial charge in [-0.1, -0.05) is 73.5 Å². The van der Waals surface area contributed by atoms with Crippen LogP contribution in [0.2, 0.25) is 0 Å². The average molecular weight is 580 g/mol. The van der Waals surface area contributed by atoms with Gasteiger partial charge in [0.25, 0.3) is 0 Å². The zero-order chi connectivity index (χ0) is 29.8. The maximum Gasteiger partial charge on any atom is 0.244 e. The Morgan fingerprint density at radius 3 is 2.15 bits per heavy atom. The molecule has 1 N–H and O–H groups in total. The van der Waals surface area contributed by atoms with Crippen molar-refractivity contribution in [3.8, 4) is 5.75 Å². The fraction of sp³-hybridized carbons (Fsp3) is 0.375. The van der Waals surface area contributed by atoms with E-state index in [4.69, 9.17) is 4.74 Å². The number of rotatable bonds is 15. The molecule has 41 heavy (non-hydrogen) atoms. The summed E-state index contributed by atoms with van der Waals surface area (Å²) in [6, 6.07) is 23.0. The molecule has 9 heteroatoms. The highest BCUT2D eigenvalue weighted by Crippen LogP contribution is 2.23. The molecule has 3 rings (SSSR count). The van der Waals surface area contributed by atoms with E-state index in [1.807, 2.05) is 75.4 Å². The van der Waals surface area contributed by atoms with E-state index in [-0.39, 0.29) is 12.5 Å². The number of nitrogens with one attached hydrogen (secondary N) is 1. The van der Waals surface area contributed by atoms with E-state index in [1.165, 1.54) is 4.90 Å². The normalized spacial score (nSPS) is 11.9. The SMILES string of the molecule is CCCCNC(=O)[C@@H](Cc1ccccc1)N(Cc1ccc(C)cc1)C(=O)CN(c1ccc(OCC)cc1)S(C)(=O)=O. The van der Waals surface area contributed by atoms with Crippen LogP contribution in [0.15, 0.2) is 78.9 Å². The van der Waals surface area contributed by atoms with E-state index in [2.05, 4.69) is 5.32 Å². The second kappa shape index (κ2) is 15.2. The molecule has 0 heterocycles. The molecule has 0 saturated heterocycles. The number of unbranched alkanes of at least 4 members (excludes halogenated alkanes) is 1. The minimum Gasteiger partial charge on any atom is -0.494 e. The summed E-state index contributed by atoms with van der Waals surface area (Å²) in [6.07, 6.45) is 3.09. The number of nitrogens with zero attached hydrogens (tertiary/aromatic N) is 2. The van der Waals surface area contributed by atoms with Gasteiger partial charge in [0, 0.05) is 19.5 Å². The predicted molar refractivity (Wildman–Crippen MR) is 163 cm³/mol. The van der Waals surface area contributed by atoms with Gasteiger partial charge in [0.15, 0.2) is 0 Å². The fourth-order valence-electron chi connectivity index (χ4n) is 4.44. The number of amides is 2. The number of anilines is 1. The van der Waals surface area contributed by atoms with Crippen molar-refractivity contribution in [2.75, 3.05) is 30.3 Å². The van der Waals surface area contributed by atoms with Crippen LogP contribution in [-0.2, 0) is 32.6 Å². The third kappa shape index (κ3) is 9.63. The molecule has 0 radical (unpaired) electrons. The van der Waals surface area contributed by atoms with Gasteiger partial charge in [0.1, 0.15) is 18.3 Å². The predicted octanol–water partition coefficient (Wildman–Crippen LogP) is 4.72. The van der Waals surface area contributed by atoms with Gasteiger partial charge in [0.2, 0.25) is 21.8 Å². The Morgan fingerprint density at radius 2 is 1.56 bits per heavy atom. The van der Waals surface area contributed by atoms with Crippen molar-refractivity contribution in [3.05, 3.63) is 95.6 Å². The fourth-order valence-corrected chi connectivity index (χ4v) is 5.29. The van der Waals surface area contributed by atoms with E-state index in [1.54, 1.807) is 24.3 Å². The van der Waals surface area contributed by atoms with E-state index >= 15 is 0 Å². The first-order valence-electron chi connectivity index (χ1n) is 14.0. The maximum absolute atomic E-state index is 14.1. The molecule has 3 aromatic rings. The summed E-state index contributed by atoms with van der Waals surface area (Å²) in [4.78, 5) is 29.2. The largest absolute Gasteiger partial charge is 0.494 e. The molecule has 8 nitrogen and oxygen atoms in total. The van der Waals surface area contributed by atoms with Crippen molar-refractivity contribution in [2.45, 2.75) is 52.6 Å². The van der Waals surface area contributed by atoms with Gasteiger partial charge in [-0.25, -0.2) is 8.42 Å². The van der Waals surface area contributed by atoms with Crippen LogP contribution >= 0.6 is 0 Å². The molecular weight excluding hydrogens is 538 g/mol. The molecule has 0 fully saturated rings. The van der Waals surface area contributed by atoms with Crippen LogP contribution in [0.3, 0.4) is 0 Å². The maximum atomic E-state index is 14.1. The summed E-state index contributed by atoms with van der Waals surface area (Å²) in [5.74, 6) is -0.144. The molecule has 0 aliphatic rings. The number of carbonyl (C=O) groups excluding carboxylic acids is 2. The number of benzene rings is 3. The molecule has 0 unspecified atom stereocenters. The molecule has 1 atom stereocenters. The van der Waals surface area contributed by atoms with Crippen molar-refractivity contribution in [2.24, 2.45) is 0 Å². The third-order valence-corrected chi connectivity index (χ3v) is 7.83. The zero-order valence-corrected chi connectivity index (χ0v) is 25.2. The van der Waals surface area contributed by atoms with Crippen molar-refractivity contribution < 1.29 is 22.7 Å². The Bertz CT molecular complexity index is 1360. The number of aryl methyl sites for hydroxylation is 1. The molecule has 0 saturated carbocycles. The van der Waals surface area contributed by atoms with Crippen LogP contribution < -0.4 is 14.4 Å². The summed E-state index contributed by atoms with van der Waals surface area (Å²) < 4.78 is 32.4. The van der Waals surface area contributed by atoms with Crippen molar-refractivity contribution >= 4 is 27.5 Å². The van der Waals surface area contributed by atoms with Crippen LogP contribution in [0.1, 0.15) is 43.4 Å². The molecule has 0 aliphatic heterocycles. The van der Waals surface area contributed by atoms with Crippen LogP contribution in [-0.4, -0.2) is 57.1 Å². The number of hydrogen-bond acceptors (Lipinski definition) is 5. The highest BCUT2D eigenvalue weighted by molar-refractivity contribution is 7.92. The van der Waals surface area contributed by atoms with Gasteiger partial charge >= 0.3 is 0 Å². The van der Waals surface area contributed by atoms with E-state index in [9.17, 15) is 18.0 Å². The van der Waals surface area contributed by atoms with Crippen LogP contribution in [0.25, 0.3) is 0 Å². The Morgan fingerprint density at radius 1 is 0.902 bits per heavy atom. The van der Waals surface area contributed by atoms with Crippen molar-refractivity contribution in [1.82, 2.24) is 10.2 Å². The minimum atomic E-state index is -3.83. The summed E-state index contributed by atoms with van der Waals surface area (Å²) in [5.41, 5.74) is 3.15. The number of ether oxygens (including phenoxy) is 1. The van der Waals surface area contributed by atoms with Crippen LogP contribution in [0.4, 0.5) is 5.69 Å². The van der Waals surface area contributed by atoms with Crippen LogP contribution in [0, 0.1) is 6.92 Å². The lowest BCUT2D eigenvalue weighted by Crippen LogP contribution is -2.53. The summed E-state index contributed by atoms with van der Waals surface area (Å²) >= 11 is 0. The first-order chi connectivity index (χ1) is 19.6. The van der Waals surface area contributed by atoms with Crippen molar-refractivity contribution in [3.63, 3.8) is 0 Å². The lowest BCUT2D eigenvalue weighted by Gasteiger charge is -2.33. The monoisotopic (exact) mass is 579 g/mol. The average Bonchev–Trinajstić information content (AvgIpc) is 2.95. The van der Waals surface area contributed by atoms with Crippen LogP contribution in [0.5, 0.6) is 5.75 Å². The van der Waals surface area contributed by atoms with E-state index < -0.39 is 28.5 Å². The van der Waals surface area contributed by atoms with Gasteiger partial charge in [-0.05, 0) is 55.7 Å². The summed E-state index contributed by atoms with van der Waals surface area (Å²) in [6.45, 7) is 6.56. The van der Waals surface area contributed by atoms with Crippen molar-refractivity contribution in [1.29, 1.82) is 0 Å². The Kier molecular flexibility index (Phi) is 11.8. The minimum absolute atomic E-state index is 0.151. The molecular formula is C32H41N3O5S. The van der Waals surface area contributed by atoms with E-state index in [0.29, 0.717) is 31.0 Å². The zero-order valence-electron chi connectivity index (χ0n) is 24.4. The van der Waals surface area contributed by atoms with E-state index in [0.717, 1.165) is 40.1 Å². The number of sulfonamides is 1. The molecule has 0 aromatic heterocycles. The topological polar surface area (TPSA) is 96.0 Å². The summed E-state index contributed by atoms with van der Waals surface area (Å²) in [7, 11) is -3.83. The second-order valence-corrected chi connectivity index (χ2v) is 12.0. The van der Waals surface area contributed by atoms with Gasteiger partial charge < -0.3 is 15.0 Å². The second-order valence-electron chi connectivity index (χ2n) is 10.1. The standard InChI is InChI=1S/C32H41N3O5S/c1-5-7-21-33-32(37)30(22-26-11-9-8-10-12-26)34(23-27-15-13-25(3)14-16-27)31(36)24-35(41(4,38)39)28-17-19-29(20-18-28)40-6-2/h8-20,30H,5-7,21-24H2,1-4H3,(H,33,37)/t30-/m1/s1. The molecule has 0 spiro atoms. The Balaban J connectivity index is 2.00. The van der Waals surface area contributed by atoms with Gasteiger partial charge in [-0.2, -0.15) is 0 Å². The van der Waals surface area contributed by atoms with Gasteiger partial charge in [-0.15, -0.1) is 0 Å². The lowest BCUT2D eigenvalue weighted by molar-refractivity contribution is -0.140. The molecule has 220 valence electrons. The highest BCUT2D eigenvalue weighted by Gasteiger charge is 2.33. The third-order valence-electron chi connectivity index (χ3n) is 6.69. The van der Waals surface area contributed by atoms with Gasteiger partial charge in [0.05, 0.1) is 18.6 Å². The molecule has 0 aliphatic carbocycles. The molecule has 0 bridgehead atoms. The first kappa shape index (κ1) is 31.7.